The van der Waals surface area contributed by atoms with Gasteiger partial charge < -0.3 is 4.90 Å². The lowest BCUT2D eigenvalue weighted by atomic mass is 9.98. The molecule has 1 amide bonds. The molecule has 5 rings (SSSR count). The van der Waals surface area contributed by atoms with Crippen LogP contribution >= 0.6 is 11.3 Å². The first-order chi connectivity index (χ1) is 15.2. The second-order valence-electron chi connectivity index (χ2n) is 7.55. The van der Waals surface area contributed by atoms with Gasteiger partial charge in [0.05, 0.1) is 5.69 Å². The van der Waals surface area contributed by atoms with Crippen molar-refractivity contribution in [3.8, 4) is 21.8 Å². The number of rotatable bonds is 4. The molecule has 1 aliphatic heterocycles. The maximum absolute atomic E-state index is 14.1. The Balaban J connectivity index is 1.31. The van der Waals surface area contributed by atoms with Crippen molar-refractivity contribution in [2.75, 3.05) is 13.1 Å². The van der Waals surface area contributed by atoms with Crippen LogP contribution in [0.4, 0.5) is 4.39 Å². The number of likely N-dealkylation sites (tertiary alicyclic amines) is 1. The van der Waals surface area contributed by atoms with Gasteiger partial charge in [0.1, 0.15) is 16.5 Å². The van der Waals surface area contributed by atoms with E-state index in [0.29, 0.717) is 29.4 Å². The quantitative estimate of drug-likeness (QED) is 0.504. The summed E-state index contributed by atoms with van der Waals surface area (Å²) in [5, 5.41) is 17.1. The second kappa shape index (κ2) is 8.39. The lowest BCUT2D eigenvalue weighted by molar-refractivity contribution is 0.0701. The van der Waals surface area contributed by atoms with Crippen molar-refractivity contribution in [2.24, 2.45) is 0 Å². The molecule has 0 radical (unpaired) electrons. The fraction of sp³-hybridized carbons (Fsp3) is 0.217. The van der Waals surface area contributed by atoms with Crippen LogP contribution in [0, 0.1) is 5.82 Å². The van der Waals surface area contributed by atoms with E-state index in [9.17, 15) is 9.18 Å². The highest BCUT2D eigenvalue weighted by Gasteiger charge is 2.29. The third kappa shape index (κ3) is 3.98. The fourth-order valence-corrected chi connectivity index (χ4v) is 4.86. The van der Waals surface area contributed by atoms with E-state index < -0.39 is 0 Å². The average Bonchev–Trinajstić information content (AvgIpc) is 3.50. The van der Waals surface area contributed by atoms with Crippen LogP contribution in [0.25, 0.3) is 21.8 Å². The molecule has 0 aliphatic carbocycles. The van der Waals surface area contributed by atoms with Gasteiger partial charge in [0.25, 0.3) is 5.91 Å². The monoisotopic (exact) mass is 433 g/mol. The van der Waals surface area contributed by atoms with Crippen molar-refractivity contribution in [1.29, 1.82) is 0 Å². The molecule has 1 fully saturated rings. The van der Waals surface area contributed by atoms with E-state index in [1.165, 1.54) is 17.4 Å². The van der Waals surface area contributed by atoms with Gasteiger partial charge in [-0.3, -0.25) is 9.89 Å². The molecule has 31 heavy (non-hydrogen) atoms. The molecule has 156 valence electrons. The number of halogens is 1. The number of aromatic amines is 1. The topological polar surface area (TPSA) is 74.8 Å². The van der Waals surface area contributed by atoms with E-state index in [1.54, 1.807) is 24.3 Å². The lowest BCUT2D eigenvalue weighted by Gasteiger charge is -2.31. The van der Waals surface area contributed by atoms with Gasteiger partial charge in [-0.2, -0.15) is 5.10 Å². The number of hydrogen-bond donors (Lipinski definition) is 1. The number of piperidine rings is 1. The molecule has 0 bridgehead atoms. The van der Waals surface area contributed by atoms with Gasteiger partial charge in [-0.15, -0.1) is 10.2 Å². The molecule has 3 heterocycles. The third-order valence-electron chi connectivity index (χ3n) is 5.48. The Kier molecular flexibility index (Phi) is 5.30. The highest BCUT2D eigenvalue weighted by atomic mass is 32.1. The zero-order valence-corrected chi connectivity index (χ0v) is 17.5. The van der Waals surface area contributed by atoms with Crippen LogP contribution in [0.5, 0.6) is 0 Å². The van der Waals surface area contributed by atoms with Gasteiger partial charge in [0.2, 0.25) is 0 Å². The number of benzene rings is 2. The molecular formula is C23H20FN5OS. The molecule has 0 spiro atoms. The molecule has 1 saturated heterocycles. The molecule has 1 N–H and O–H groups in total. The van der Waals surface area contributed by atoms with Crippen LogP contribution in [0.2, 0.25) is 0 Å². The Morgan fingerprint density at radius 2 is 1.90 bits per heavy atom. The molecular weight excluding hydrogens is 413 g/mol. The van der Waals surface area contributed by atoms with Crippen LogP contribution in [-0.2, 0) is 0 Å². The number of hydrogen-bond acceptors (Lipinski definition) is 5. The van der Waals surface area contributed by atoms with E-state index in [1.807, 2.05) is 35.2 Å². The molecule has 2 aromatic heterocycles. The second-order valence-corrected chi connectivity index (χ2v) is 8.56. The lowest BCUT2D eigenvalue weighted by Crippen LogP contribution is -2.39. The van der Waals surface area contributed by atoms with E-state index in [2.05, 4.69) is 20.4 Å². The van der Waals surface area contributed by atoms with Gasteiger partial charge >= 0.3 is 0 Å². The van der Waals surface area contributed by atoms with Crippen LogP contribution in [-0.4, -0.2) is 44.3 Å². The van der Waals surface area contributed by atoms with E-state index in [4.69, 9.17) is 0 Å². The van der Waals surface area contributed by atoms with Crippen molar-refractivity contribution in [3.05, 3.63) is 77.2 Å². The SMILES string of the molecule is O=C(c1cc(-c2ccccc2)n[nH]1)N1CCCC(c2nnc(-c3ccccc3F)s2)C1. The summed E-state index contributed by atoms with van der Waals surface area (Å²) in [7, 11) is 0. The van der Waals surface area contributed by atoms with Crippen LogP contribution in [0.15, 0.2) is 60.7 Å². The zero-order valence-electron chi connectivity index (χ0n) is 16.7. The largest absolute Gasteiger partial charge is 0.337 e. The molecule has 0 saturated carbocycles. The smallest absolute Gasteiger partial charge is 0.271 e. The number of carbonyl (C=O) groups excluding carboxylic acids is 1. The average molecular weight is 434 g/mol. The first-order valence-corrected chi connectivity index (χ1v) is 11.0. The summed E-state index contributed by atoms with van der Waals surface area (Å²) >= 11 is 1.40. The van der Waals surface area contributed by atoms with E-state index in [0.717, 1.165) is 29.1 Å². The molecule has 4 aromatic rings. The number of nitrogens with zero attached hydrogens (tertiary/aromatic N) is 4. The summed E-state index contributed by atoms with van der Waals surface area (Å²) in [6, 6.07) is 18.1. The summed E-state index contributed by atoms with van der Waals surface area (Å²) < 4.78 is 14.1. The van der Waals surface area contributed by atoms with Crippen LogP contribution < -0.4 is 0 Å². The predicted octanol–water partition coefficient (Wildman–Crippen LogP) is 4.75. The maximum atomic E-state index is 14.1. The summed E-state index contributed by atoms with van der Waals surface area (Å²) in [6.45, 7) is 1.25. The fourth-order valence-electron chi connectivity index (χ4n) is 3.86. The number of amides is 1. The first-order valence-electron chi connectivity index (χ1n) is 10.2. The minimum atomic E-state index is -0.306. The Labute approximate surface area is 182 Å². The number of carbonyl (C=O) groups is 1. The van der Waals surface area contributed by atoms with Crippen molar-refractivity contribution >= 4 is 17.2 Å². The van der Waals surface area contributed by atoms with Gasteiger partial charge in [-0.05, 0) is 31.0 Å². The van der Waals surface area contributed by atoms with Crippen molar-refractivity contribution < 1.29 is 9.18 Å². The highest BCUT2D eigenvalue weighted by Crippen LogP contribution is 2.34. The minimum absolute atomic E-state index is 0.0711. The molecule has 1 atom stereocenters. The standard InChI is InChI=1S/C23H20FN5OS/c24-18-11-5-4-10-17(18)22-28-27-21(31-22)16-9-6-12-29(14-16)23(30)20-13-19(25-26-20)15-7-2-1-3-8-15/h1-5,7-8,10-11,13,16H,6,9,12,14H2,(H,25,26). The van der Waals surface area contributed by atoms with E-state index >= 15 is 0 Å². The first kappa shape index (κ1) is 19.6. The van der Waals surface area contributed by atoms with Gasteiger partial charge in [-0.25, -0.2) is 4.39 Å². The van der Waals surface area contributed by atoms with Gasteiger partial charge in [0.15, 0.2) is 5.01 Å². The van der Waals surface area contributed by atoms with Crippen LogP contribution in [0.1, 0.15) is 34.3 Å². The van der Waals surface area contributed by atoms with Crippen molar-refractivity contribution in [1.82, 2.24) is 25.3 Å². The Bertz CT molecular complexity index is 1210. The van der Waals surface area contributed by atoms with Gasteiger partial charge in [0, 0.05) is 30.1 Å². The Morgan fingerprint density at radius 1 is 1.10 bits per heavy atom. The van der Waals surface area contributed by atoms with Crippen LogP contribution in [0.3, 0.4) is 0 Å². The predicted molar refractivity (Wildman–Crippen MR) is 117 cm³/mol. The zero-order chi connectivity index (χ0) is 21.2. The summed E-state index contributed by atoms with van der Waals surface area (Å²) in [5.41, 5.74) is 2.64. The highest BCUT2D eigenvalue weighted by molar-refractivity contribution is 7.14. The molecule has 1 aliphatic rings. The van der Waals surface area contributed by atoms with Gasteiger partial charge in [-0.1, -0.05) is 53.8 Å². The van der Waals surface area contributed by atoms with Crippen molar-refractivity contribution in [2.45, 2.75) is 18.8 Å². The number of nitrogens with one attached hydrogen (secondary N) is 1. The Morgan fingerprint density at radius 3 is 2.74 bits per heavy atom. The summed E-state index contributed by atoms with van der Waals surface area (Å²) in [6.07, 6.45) is 1.80. The minimum Gasteiger partial charge on any atom is -0.337 e. The number of aromatic nitrogens is 4. The number of H-pyrrole nitrogens is 1. The van der Waals surface area contributed by atoms with Crippen molar-refractivity contribution in [3.63, 3.8) is 0 Å². The maximum Gasteiger partial charge on any atom is 0.271 e. The Hall–Kier alpha value is -3.39. The summed E-state index contributed by atoms with van der Waals surface area (Å²) in [5.74, 6) is -0.287. The molecule has 2 aromatic carbocycles. The van der Waals surface area contributed by atoms with E-state index in [-0.39, 0.29) is 17.6 Å². The molecule has 8 heteroatoms. The summed E-state index contributed by atoms with van der Waals surface area (Å²) in [4.78, 5) is 14.9. The normalized spacial score (nSPS) is 16.4. The molecule has 6 nitrogen and oxygen atoms in total. The third-order valence-corrected chi connectivity index (χ3v) is 6.60. The molecule has 1 unspecified atom stereocenters.